The molecule has 162 valence electrons. The Morgan fingerprint density at radius 2 is 1.84 bits per heavy atom. The van der Waals surface area contributed by atoms with Gasteiger partial charge in [-0.1, -0.05) is 18.2 Å². The average Bonchev–Trinajstić information content (AvgIpc) is 3.36. The summed E-state index contributed by atoms with van der Waals surface area (Å²) >= 11 is 2.51. The van der Waals surface area contributed by atoms with Crippen LogP contribution >= 0.6 is 22.7 Å². The largest absolute Gasteiger partial charge is 0.492 e. The third-order valence-electron chi connectivity index (χ3n) is 4.35. The summed E-state index contributed by atoms with van der Waals surface area (Å²) in [5, 5.41) is 7.75. The number of methoxy groups -OCH3 is 1. The van der Waals surface area contributed by atoms with E-state index in [1.807, 2.05) is 30.5 Å². The average molecular weight is 459 g/mol. The van der Waals surface area contributed by atoms with Gasteiger partial charge in [0, 0.05) is 4.88 Å². The van der Waals surface area contributed by atoms with Gasteiger partial charge in [-0.15, -0.1) is 22.7 Å². The van der Waals surface area contributed by atoms with E-state index in [2.05, 4.69) is 10.6 Å². The first-order valence-electron chi connectivity index (χ1n) is 9.51. The third-order valence-corrected chi connectivity index (χ3v) is 6.43. The molecule has 31 heavy (non-hydrogen) atoms. The molecule has 0 unspecified atom stereocenters. The number of hydrogen-bond acceptors (Lipinski definition) is 7. The minimum Gasteiger partial charge on any atom is -0.492 e. The van der Waals surface area contributed by atoms with Crippen LogP contribution in [0.15, 0.2) is 41.8 Å². The van der Waals surface area contributed by atoms with E-state index in [1.165, 1.54) is 18.4 Å². The molecule has 0 spiro atoms. The highest BCUT2D eigenvalue weighted by Gasteiger charge is 2.27. The van der Waals surface area contributed by atoms with Crippen molar-refractivity contribution < 1.29 is 23.9 Å². The lowest BCUT2D eigenvalue weighted by molar-refractivity contribution is -0.115. The van der Waals surface area contributed by atoms with Gasteiger partial charge >= 0.3 is 5.97 Å². The number of para-hydroxylation sites is 2. The Bertz CT molecular complexity index is 1090. The van der Waals surface area contributed by atoms with Crippen LogP contribution in [0.5, 0.6) is 5.75 Å². The lowest BCUT2D eigenvalue weighted by Gasteiger charge is -2.11. The topological polar surface area (TPSA) is 93.7 Å². The maximum absolute atomic E-state index is 13.0. The second-order valence-corrected chi connectivity index (χ2v) is 8.49. The Morgan fingerprint density at radius 1 is 1.06 bits per heavy atom. The van der Waals surface area contributed by atoms with E-state index in [1.54, 1.807) is 25.1 Å². The zero-order valence-corrected chi connectivity index (χ0v) is 18.9. The molecule has 0 radical (unpaired) electrons. The molecule has 9 heteroatoms. The predicted octanol–water partition coefficient (Wildman–Crippen LogP) is 4.74. The quantitative estimate of drug-likeness (QED) is 0.476. The molecule has 0 saturated carbocycles. The third kappa shape index (κ3) is 5.31. The second-order valence-electron chi connectivity index (χ2n) is 6.44. The molecule has 2 N–H and O–H groups in total. The zero-order chi connectivity index (χ0) is 22.4. The fourth-order valence-electron chi connectivity index (χ4n) is 2.94. The summed E-state index contributed by atoms with van der Waals surface area (Å²) < 4.78 is 10.4. The van der Waals surface area contributed by atoms with Gasteiger partial charge in [0.15, 0.2) is 0 Å². The fourth-order valence-corrected chi connectivity index (χ4v) is 4.75. The van der Waals surface area contributed by atoms with E-state index in [0.29, 0.717) is 28.5 Å². The number of esters is 1. The molecule has 1 aromatic carbocycles. The van der Waals surface area contributed by atoms with Crippen LogP contribution in [0.1, 0.15) is 37.4 Å². The summed E-state index contributed by atoms with van der Waals surface area (Å²) in [5.41, 5.74) is 1.13. The van der Waals surface area contributed by atoms with Crippen LogP contribution in [0.25, 0.3) is 0 Å². The van der Waals surface area contributed by atoms with Gasteiger partial charge in [-0.05, 0) is 43.0 Å². The molecule has 2 heterocycles. The van der Waals surface area contributed by atoms with Crippen molar-refractivity contribution in [2.45, 2.75) is 20.3 Å². The molecular formula is C22H22N2O5S2. The van der Waals surface area contributed by atoms with Gasteiger partial charge in [0.05, 0.1) is 36.3 Å². The standard InChI is InChI=1S/C22H22N2O5S2/c1-4-29-16-10-6-5-9-15(16)23-20(26)19-13(2)18(22(27)28-3)21(31-19)24-17(25)12-14-8-7-11-30-14/h5-11H,4,12H2,1-3H3,(H,23,26)(H,24,25). The number of ether oxygens (including phenoxy) is 2. The summed E-state index contributed by atoms with van der Waals surface area (Å²) in [6.45, 7) is 3.97. The van der Waals surface area contributed by atoms with Crippen LogP contribution in [0, 0.1) is 6.92 Å². The number of carbonyl (C=O) groups is 3. The van der Waals surface area contributed by atoms with Crippen molar-refractivity contribution in [2.24, 2.45) is 0 Å². The maximum atomic E-state index is 13.0. The molecule has 7 nitrogen and oxygen atoms in total. The minimum absolute atomic E-state index is 0.176. The lowest BCUT2D eigenvalue weighted by Crippen LogP contribution is -2.15. The number of thiophene rings is 2. The van der Waals surface area contributed by atoms with Gasteiger partial charge in [-0.3, -0.25) is 9.59 Å². The van der Waals surface area contributed by atoms with Crippen molar-refractivity contribution in [3.63, 3.8) is 0 Å². The molecule has 0 aliphatic rings. The van der Waals surface area contributed by atoms with E-state index in [4.69, 9.17) is 9.47 Å². The van der Waals surface area contributed by atoms with Crippen LogP contribution in [0.2, 0.25) is 0 Å². The van der Waals surface area contributed by atoms with Crippen LogP contribution < -0.4 is 15.4 Å². The van der Waals surface area contributed by atoms with Crippen molar-refractivity contribution >= 4 is 51.1 Å². The van der Waals surface area contributed by atoms with Gasteiger partial charge in [-0.2, -0.15) is 0 Å². The number of hydrogen-bond donors (Lipinski definition) is 2. The number of anilines is 2. The minimum atomic E-state index is -0.617. The lowest BCUT2D eigenvalue weighted by atomic mass is 10.1. The normalized spacial score (nSPS) is 10.4. The van der Waals surface area contributed by atoms with Crippen LogP contribution in [0.4, 0.5) is 10.7 Å². The van der Waals surface area contributed by atoms with E-state index in [-0.39, 0.29) is 22.9 Å². The Labute approximate surface area is 188 Å². The van der Waals surface area contributed by atoms with Gasteiger partial charge in [-0.25, -0.2) is 4.79 Å². The van der Waals surface area contributed by atoms with Gasteiger partial charge in [0.1, 0.15) is 10.8 Å². The van der Waals surface area contributed by atoms with E-state index >= 15 is 0 Å². The molecule has 2 amide bonds. The first-order chi connectivity index (χ1) is 14.9. The van der Waals surface area contributed by atoms with E-state index in [9.17, 15) is 14.4 Å². The zero-order valence-electron chi connectivity index (χ0n) is 17.3. The summed E-state index contributed by atoms with van der Waals surface area (Å²) in [4.78, 5) is 39.0. The monoisotopic (exact) mass is 458 g/mol. The number of amides is 2. The number of carbonyl (C=O) groups excluding carboxylic acids is 3. The van der Waals surface area contributed by atoms with Crippen LogP contribution in [-0.2, 0) is 16.0 Å². The molecule has 3 rings (SSSR count). The Morgan fingerprint density at radius 3 is 2.52 bits per heavy atom. The molecule has 3 aromatic rings. The van der Waals surface area contributed by atoms with Crippen molar-refractivity contribution in [3.8, 4) is 5.75 Å². The van der Waals surface area contributed by atoms with E-state index < -0.39 is 11.9 Å². The SMILES string of the molecule is CCOc1ccccc1NC(=O)c1sc(NC(=O)Cc2cccs2)c(C(=O)OC)c1C. The van der Waals surface area contributed by atoms with Crippen molar-refractivity contribution in [1.29, 1.82) is 0 Å². The highest BCUT2D eigenvalue weighted by atomic mass is 32.1. The van der Waals surface area contributed by atoms with Crippen molar-refractivity contribution in [3.05, 3.63) is 62.7 Å². The predicted molar refractivity (Wildman–Crippen MR) is 123 cm³/mol. The maximum Gasteiger partial charge on any atom is 0.341 e. The smallest absolute Gasteiger partial charge is 0.341 e. The molecule has 0 bridgehead atoms. The Balaban J connectivity index is 1.87. The molecule has 0 atom stereocenters. The van der Waals surface area contributed by atoms with Crippen LogP contribution in [-0.4, -0.2) is 31.5 Å². The summed E-state index contributed by atoms with van der Waals surface area (Å²) in [5.74, 6) is -0.750. The molecular weight excluding hydrogens is 436 g/mol. The number of rotatable bonds is 8. The first-order valence-corrected chi connectivity index (χ1v) is 11.2. The Hall–Kier alpha value is -3.17. The fraction of sp³-hybridized carbons (Fsp3) is 0.227. The van der Waals surface area contributed by atoms with Gasteiger partial charge < -0.3 is 20.1 Å². The highest BCUT2D eigenvalue weighted by Crippen LogP contribution is 2.35. The molecule has 0 aliphatic heterocycles. The second kappa shape index (κ2) is 10.2. The summed E-state index contributed by atoms with van der Waals surface area (Å²) in [7, 11) is 1.26. The molecule has 2 aromatic heterocycles. The van der Waals surface area contributed by atoms with Crippen LogP contribution in [0.3, 0.4) is 0 Å². The van der Waals surface area contributed by atoms with Gasteiger partial charge in [0.2, 0.25) is 5.91 Å². The summed E-state index contributed by atoms with van der Waals surface area (Å²) in [6, 6.07) is 10.8. The molecule has 0 aliphatic carbocycles. The molecule has 0 saturated heterocycles. The van der Waals surface area contributed by atoms with E-state index in [0.717, 1.165) is 16.2 Å². The summed E-state index contributed by atoms with van der Waals surface area (Å²) in [6.07, 6.45) is 0.179. The molecule has 0 fully saturated rings. The van der Waals surface area contributed by atoms with Crippen molar-refractivity contribution in [2.75, 3.05) is 24.4 Å². The number of nitrogens with one attached hydrogen (secondary N) is 2. The first kappa shape index (κ1) is 22.5. The van der Waals surface area contributed by atoms with Crippen molar-refractivity contribution in [1.82, 2.24) is 0 Å². The van der Waals surface area contributed by atoms with Gasteiger partial charge in [0.25, 0.3) is 5.91 Å². The number of benzene rings is 1. The highest BCUT2D eigenvalue weighted by molar-refractivity contribution is 7.19. The Kier molecular flexibility index (Phi) is 7.43.